The van der Waals surface area contributed by atoms with E-state index in [0.717, 1.165) is 12.0 Å². The quantitative estimate of drug-likeness (QED) is 0.768. The molecule has 6 heteroatoms. The normalized spacial score (nSPS) is 11.3. The lowest BCUT2D eigenvalue weighted by Crippen LogP contribution is -2.27. The number of carbonyl (C=O) groups is 1. The summed E-state index contributed by atoms with van der Waals surface area (Å²) in [6, 6.07) is 14.7. The van der Waals surface area contributed by atoms with Crippen molar-refractivity contribution in [2.75, 3.05) is 18.5 Å². The molecule has 0 aliphatic carbocycles. The Balaban J connectivity index is 0.00000288. The number of hydrogen-bond acceptors (Lipinski definition) is 3. The Bertz CT molecular complexity index is 651. The standard InChI is InChI=1S/C18H21ClN2O2.ClH/c1-2-10-23-17-9-8-14(11-16(17)19)21-18(22)15(12-20)13-6-4-3-5-7-13;/h3-9,11,15H,2,10,12,20H2,1H3,(H,21,22);1H. The maximum Gasteiger partial charge on any atom is 0.233 e. The first-order valence-corrected chi connectivity index (χ1v) is 8.01. The molecule has 0 aliphatic heterocycles. The molecule has 1 atom stereocenters. The van der Waals surface area contributed by atoms with Gasteiger partial charge in [0.1, 0.15) is 5.75 Å². The second-order valence-electron chi connectivity index (χ2n) is 5.18. The third-order valence-corrected chi connectivity index (χ3v) is 3.71. The number of ether oxygens (including phenoxy) is 1. The number of carbonyl (C=O) groups excluding carboxylic acids is 1. The predicted molar refractivity (Wildman–Crippen MR) is 101 cm³/mol. The molecule has 0 radical (unpaired) electrons. The van der Waals surface area contributed by atoms with Gasteiger partial charge in [-0.1, -0.05) is 48.9 Å². The molecule has 0 heterocycles. The summed E-state index contributed by atoms with van der Waals surface area (Å²) in [6.45, 7) is 2.87. The van der Waals surface area contributed by atoms with Crippen molar-refractivity contribution < 1.29 is 9.53 Å². The fourth-order valence-corrected chi connectivity index (χ4v) is 2.45. The summed E-state index contributed by atoms with van der Waals surface area (Å²) in [6.07, 6.45) is 0.907. The summed E-state index contributed by atoms with van der Waals surface area (Å²) in [7, 11) is 0. The van der Waals surface area contributed by atoms with Gasteiger partial charge < -0.3 is 15.8 Å². The van der Waals surface area contributed by atoms with Crippen LogP contribution >= 0.6 is 24.0 Å². The maximum atomic E-state index is 12.4. The molecule has 24 heavy (non-hydrogen) atoms. The van der Waals surface area contributed by atoms with Crippen LogP contribution in [0.15, 0.2) is 48.5 Å². The first-order chi connectivity index (χ1) is 11.2. The fourth-order valence-electron chi connectivity index (χ4n) is 2.22. The van der Waals surface area contributed by atoms with Gasteiger partial charge in [-0.25, -0.2) is 0 Å². The van der Waals surface area contributed by atoms with E-state index in [-0.39, 0.29) is 24.9 Å². The van der Waals surface area contributed by atoms with Crippen molar-refractivity contribution in [1.29, 1.82) is 0 Å². The zero-order chi connectivity index (χ0) is 16.7. The number of nitrogens with one attached hydrogen (secondary N) is 1. The molecule has 0 fully saturated rings. The summed E-state index contributed by atoms with van der Waals surface area (Å²) in [5.41, 5.74) is 7.27. The van der Waals surface area contributed by atoms with E-state index in [1.165, 1.54) is 0 Å². The molecule has 1 amide bonds. The Morgan fingerprint density at radius 1 is 1.25 bits per heavy atom. The van der Waals surface area contributed by atoms with Gasteiger partial charge in [0.05, 0.1) is 17.5 Å². The van der Waals surface area contributed by atoms with Crippen molar-refractivity contribution in [1.82, 2.24) is 0 Å². The molecule has 0 aliphatic rings. The Labute approximate surface area is 153 Å². The van der Waals surface area contributed by atoms with E-state index < -0.39 is 5.92 Å². The van der Waals surface area contributed by atoms with Crippen molar-refractivity contribution in [3.05, 3.63) is 59.1 Å². The summed E-state index contributed by atoms with van der Waals surface area (Å²) in [5.74, 6) is 0.0629. The number of halogens is 2. The first kappa shape index (κ1) is 20.3. The second kappa shape index (κ2) is 10.2. The van der Waals surface area contributed by atoms with Gasteiger partial charge in [-0.3, -0.25) is 4.79 Å². The zero-order valence-corrected chi connectivity index (χ0v) is 15.1. The van der Waals surface area contributed by atoms with Crippen molar-refractivity contribution in [3.63, 3.8) is 0 Å². The Kier molecular flexibility index (Phi) is 8.61. The van der Waals surface area contributed by atoms with Crippen LogP contribution in [0.2, 0.25) is 5.02 Å². The summed E-state index contributed by atoms with van der Waals surface area (Å²) in [4.78, 5) is 12.4. The number of rotatable bonds is 7. The fraction of sp³-hybridized carbons (Fsp3) is 0.278. The predicted octanol–water partition coefficient (Wildman–Crippen LogP) is 4.23. The number of anilines is 1. The number of hydrogen-bond donors (Lipinski definition) is 2. The Morgan fingerprint density at radius 2 is 1.96 bits per heavy atom. The van der Waals surface area contributed by atoms with Crippen molar-refractivity contribution in [2.45, 2.75) is 19.3 Å². The van der Waals surface area contributed by atoms with Crippen LogP contribution in [0.25, 0.3) is 0 Å². The molecule has 2 rings (SSSR count). The minimum atomic E-state index is -0.397. The summed E-state index contributed by atoms with van der Waals surface area (Å²) >= 11 is 6.18. The average molecular weight is 369 g/mol. The van der Waals surface area contributed by atoms with Gasteiger partial charge in [-0.15, -0.1) is 12.4 Å². The van der Waals surface area contributed by atoms with E-state index in [0.29, 0.717) is 23.1 Å². The van der Waals surface area contributed by atoms with Crippen LogP contribution in [-0.4, -0.2) is 19.1 Å². The lowest BCUT2D eigenvalue weighted by atomic mass is 9.98. The number of amides is 1. The summed E-state index contributed by atoms with van der Waals surface area (Å²) < 4.78 is 5.52. The van der Waals surface area contributed by atoms with E-state index in [2.05, 4.69) is 5.32 Å². The molecule has 0 aromatic heterocycles. The van der Waals surface area contributed by atoms with E-state index in [9.17, 15) is 4.79 Å². The highest BCUT2D eigenvalue weighted by Crippen LogP contribution is 2.28. The Hall–Kier alpha value is -1.75. The molecule has 0 saturated heterocycles. The van der Waals surface area contributed by atoms with Crippen LogP contribution in [0.5, 0.6) is 5.75 Å². The lowest BCUT2D eigenvalue weighted by molar-refractivity contribution is -0.117. The van der Waals surface area contributed by atoms with Gasteiger partial charge in [-0.05, 0) is 30.2 Å². The van der Waals surface area contributed by atoms with Crippen LogP contribution in [0.1, 0.15) is 24.8 Å². The first-order valence-electron chi connectivity index (χ1n) is 7.64. The smallest absolute Gasteiger partial charge is 0.233 e. The third-order valence-electron chi connectivity index (χ3n) is 3.42. The average Bonchev–Trinajstić information content (AvgIpc) is 2.56. The molecule has 4 nitrogen and oxygen atoms in total. The SMILES string of the molecule is CCCOc1ccc(NC(=O)C(CN)c2ccccc2)cc1Cl.Cl. The van der Waals surface area contributed by atoms with Gasteiger partial charge >= 0.3 is 0 Å². The van der Waals surface area contributed by atoms with Crippen LogP contribution in [0.3, 0.4) is 0 Å². The van der Waals surface area contributed by atoms with Gasteiger partial charge in [0, 0.05) is 12.2 Å². The van der Waals surface area contributed by atoms with E-state index in [1.807, 2.05) is 37.3 Å². The van der Waals surface area contributed by atoms with E-state index in [4.69, 9.17) is 22.1 Å². The van der Waals surface area contributed by atoms with Crippen LogP contribution in [-0.2, 0) is 4.79 Å². The molecule has 0 saturated carbocycles. The summed E-state index contributed by atoms with van der Waals surface area (Å²) in [5, 5.41) is 3.33. The van der Waals surface area contributed by atoms with Crippen molar-refractivity contribution in [2.24, 2.45) is 5.73 Å². The minimum Gasteiger partial charge on any atom is -0.492 e. The molecule has 130 valence electrons. The molecule has 2 aromatic rings. The molecule has 0 bridgehead atoms. The molecule has 3 N–H and O–H groups in total. The molecule has 1 unspecified atom stereocenters. The minimum absolute atomic E-state index is 0. The van der Waals surface area contributed by atoms with Crippen molar-refractivity contribution >= 4 is 35.6 Å². The molecular weight excluding hydrogens is 347 g/mol. The van der Waals surface area contributed by atoms with Gasteiger partial charge in [0.15, 0.2) is 0 Å². The Morgan fingerprint density at radius 3 is 2.54 bits per heavy atom. The molecular formula is C18H22Cl2N2O2. The molecule has 0 spiro atoms. The number of benzene rings is 2. The number of nitrogens with two attached hydrogens (primary N) is 1. The van der Waals surface area contributed by atoms with Gasteiger partial charge in [0.25, 0.3) is 0 Å². The second-order valence-corrected chi connectivity index (χ2v) is 5.59. The van der Waals surface area contributed by atoms with Crippen molar-refractivity contribution in [3.8, 4) is 5.75 Å². The molecule has 2 aromatic carbocycles. The zero-order valence-electron chi connectivity index (χ0n) is 13.5. The third kappa shape index (κ3) is 5.41. The van der Waals surface area contributed by atoms with Crippen LogP contribution < -0.4 is 15.8 Å². The van der Waals surface area contributed by atoms with E-state index in [1.54, 1.807) is 18.2 Å². The maximum absolute atomic E-state index is 12.4. The van der Waals surface area contributed by atoms with Crippen LogP contribution in [0, 0.1) is 0 Å². The van der Waals surface area contributed by atoms with Gasteiger partial charge in [-0.2, -0.15) is 0 Å². The van der Waals surface area contributed by atoms with Crippen LogP contribution in [0.4, 0.5) is 5.69 Å². The van der Waals surface area contributed by atoms with Gasteiger partial charge in [0.2, 0.25) is 5.91 Å². The highest BCUT2D eigenvalue weighted by atomic mass is 35.5. The van der Waals surface area contributed by atoms with E-state index >= 15 is 0 Å². The largest absolute Gasteiger partial charge is 0.492 e. The lowest BCUT2D eigenvalue weighted by Gasteiger charge is -2.16. The monoisotopic (exact) mass is 368 g/mol. The topological polar surface area (TPSA) is 64.3 Å². The highest BCUT2D eigenvalue weighted by Gasteiger charge is 2.19. The highest BCUT2D eigenvalue weighted by molar-refractivity contribution is 6.32.